The first-order valence-corrected chi connectivity index (χ1v) is 7.46. The number of rotatable bonds is 6. The fourth-order valence-corrected chi connectivity index (χ4v) is 2.35. The van der Waals surface area contributed by atoms with Crippen molar-refractivity contribution in [2.24, 2.45) is 5.92 Å². The minimum atomic E-state index is -0.338. The van der Waals surface area contributed by atoms with E-state index in [2.05, 4.69) is 24.3 Å². The van der Waals surface area contributed by atoms with Crippen molar-refractivity contribution in [3.05, 3.63) is 48.3 Å². The summed E-state index contributed by atoms with van der Waals surface area (Å²) in [7, 11) is 1.64. The van der Waals surface area contributed by atoms with E-state index >= 15 is 0 Å². The topological polar surface area (TPSA) is 56.1 Å². The van der Waals surface area contributed by atoms with Crippen LogP contribution in [0.2, 0.25) is 0 Å². The molecular weight excluding hydrogens is 278 g/mol. The predicted octanol–water partition coefficient (Wildman–Crippen LogP) is 2.97. The van der Waals surface area contributed by atoms with Crippen LogP contribution in [0, 0.1) is 5.92 Å². The van der Waals surface area contributed by atoms with Gasteiger partial charge in [-0.05, 0) is 36.6 Å². The molecule has 0 aliphatic rings. The molecule has 0 radical (unpaired) electrons. The molecule has 0 aliphatic heterocycles. The molecule has 0 saturated heterocycles. The average molecular weight is 301 g/mol. The summed E-state index contributed by atoms with van der Waals surface area (Å²) in [6.45, 7) is 6.02. The maximum atomic E-state index is 12.5. The van der Waals surface area contributed by atoms with E-state index in [1.54, 1.807) is 24.2 Å². The van der Waals surface area contributed by atoms with E-state index in [0.29, 0.717) is 0 Å². The largest absolute Gasteiger partial charge is 0.497 e. The normalized spacial score (nSPS) is 13.7. The number of carbonyl (C=O) groups excluding carboxylic acids is 1. The van der Waals surface area contributed by atoms with Crippen LogP contribution in [0.4, 0.5) is 0 Å². The van der Waals surface area contributed by atoms with Crippen molar-refractivity contribution in [2.45, 2.75) is 32.9 Å². The highest BCUT2D eigenvalue weighted by molar-refractivity contribution is 5.80. The zero-order valence-electron chi connectivity index (χ0n) is 13.5. The van der Waals surface area contributed by atoms with Gasteiger partial charge in [-0.1, -0.05) is 26.0 Å². The number of amides is 1. The summed E-state index contributed by atoms with van der Waals surface area (Å²) in [5.74, 6) is 1.04. The lowest BCUT2D eigenvalue weighted by Gasteiger charge is -2.25. The SMILES string of the molecule is COc1ccc(C(NC(=O)C(C)n2cccn2)C(C)C)cc1. The van der Waals surface area contributed by atoms with Crippen molar-refractivity contribution in [1.29, 1.82) is 0 Å². The Morgan fingerprint density at radius 2 is 1.91 bits per heavy atom. The molecular formula is C17H23N3O2. The highest BCUT2D eigenvalue weighted by Gasteiger charge is 2.22. The molecule has 1 N–H and O–H groups in total. The molecule has 1 aromatic heterocycles. The zero-order valence-corrected chi connectivity index (χ0v) is 13.5. The van der Waals surface area contributed by atoms with Crippen molar-refractivity contribution < 1.29 is 9.53 Å². The third-order valence-corrected chi connectivity index (χ3v) is 3.74. The second kappa shape index (κ2) is 7.11. The Labute approximate surface area is 131 Å². The van der Waals surface area contributed by atoms with Crippen LogP contribution in [0.1, 0.15) is 38.4 Å². The molecule has 0 aliphatic carbocycles. The number of hydrogen-bond donors (Lipinski definition) is 1. The minimum absolute atomic E-state index is 0.0433. The lowest BCUT2D eigenvalue weighted by Crippen LogP contribution is -2.36. The lowest BCUT2D eigenvalue weighted by molar-refractivity contribution is -0.125. The Kier molecular flexibility index (Phi) is 5.20. The minimum Gasteiger partial charge on any atom is -0.497 e. The van der Waals surface area contributed by atoms with Crippen molar-refractivity contribution in [3.63, 3.8) is 0 Å². The second-order valence-corrected chi connectivity index (χ2v) is 5.67. The zero-order chi connectivity index (χ0) is 16.1. The summed E-state index contributed by atoms with van der Waals surface area (Å²) < 4.78 is 6.83. The molecule has 0 spiro atoms. The van der Waals surface area contributed by atoms with Gasteiger partial charge in [0.25, 0.3) is 0 Å². The summed E-state index contributed by atoms with van der Waals surface area (Å²) in [6.07, 6.45) is 3.47. The molecule has 118 valence electrons. The summed E-state index contributed by atoms with van der Waals surface area (Å²) in [5.41, 5.74) is 1.07. The molecule has 22 heavy (non-hydrogen) atoms. The highest BCUT2D eigenvalue weighted by atomic mass is 16.5. The maximum absolute atomic E-state index is 12.5. The van der Waals surface area contributed by atoms with Gasteiger partial charge in [0.2, 0.25) is 5.91 Å². The highest BCUT2D eigenvalue weighted by Crippen LogP contribution is 2.24. The van der Waals surface area contributed by atoms with Crippen molar-refractivity contribution in [1.82, 2.24) is 15.1 Å². The Balaban J connectivity index is 2.12. The molecule has 2 aromatic rings. The van der Waals surface area contributed by atoms with Gasteiger partial charge in [-0.25, -0.2) is 0 Å². The average Bonchev–Trinajstić information content (AvgIpc) is 3.05. The first kappa shape index (κ1) is 16.1. The van der Waals surface area contributed by atoms with Gasteiger partial charge in [-0.15, -0.1) is 0 Å². The summed E-state index contributed by atoms with van der Waals surface area (Å²) in [5, 5.41) is 7.24. The van der Waals surface area contributed by atoms with Gasteiger partial charge in [0.15, 0.2) is 0 Å². The van der Waals surface area contributed by atoms with Crippen LogP contribution in [0.3, 0.4) is 0 Å². The van der Waals surface area contributed by atoms with E-state index in [1.807, 2.05) is 37.3 Å². The van der Waals surface area contributed by atoms with E-state index in [-0.39, 0.29) is 23.9 Å². The Hall–Kier alpha value is -2.30. The summed E-state index contributed by atoms with van der Waals surface area (Å²) >= 11 is 0. The smallest absolute Gasteiger partial charge is 0.245 e. The summed E-state index contributed by atoms with van der Waals surface area (Å²) in [4.78, 5) is 12.5. The number of carbonyl (C=O) groups is 1. The lowest BCUT2D eigenvalue weighted by atomic mass is 9.95. The van der Waals surface area contributed by atoms with Crippen molar-refractivity contribution in [3.8, 4) is 5.75 Å². The van der Waals surface area contributed by atoms with Crippen LogP contribution in [-0.2, 0) is 4.79 Å². The van der Waals surface area contributed by atoms with Crippen molar-refractivity contribution in [2.75, 3.05) is 7.11 Å². The van der Waals surface area contributed by atoms with Crippen LogP contribution >= 0.6 is 0 Å². The van der Waals surface area contributed by atoms with E-state index in [0.717, 1.165) is 11.3 Å². The van der Waals surface area contributed by atoms with Gasteiger partial charge < -0.3 is 10.1 Å². The Morgan fingerprint density at radius 1 is 1.23 bits per heavy atom. The molecule has 5 heteroatoms. The standard InChI is InChI=1S/C17H23N3O2/c1-12(2)16(14-6-8-15(22-4)9-7-14)19-17(21)13(3)20-11-5-10-18-20/h5-13,16H,1-4H3,(H,19,21). The van der Waals surface area contributed by atoms with Crippen LogP contribution in [-0.4, -0.2) is 22.8 Å². The Morgan fingerprint density at radius 3 is 2.41 bits per heavy atom. The molecule has 5 nitrogen and oxygen atoms in total. The van der Waals surface area contributed by atoms with Crippen LogP contribution in [0.15, 0.2) is 42.7 Å². The number of hydrogen-bond acceptors (Lipinski definition) is 3. The van der Waals surface area contributed by atoms with Crippen LogP contribution in [0.5, 0.6) is 5.75 Å². The molecule has 1 heterocycles. The van der Waals surface area contributed by atoms with Crippen LogP contribution in [0.25, 0.3) is 0 Å². The predicted molar refractivity (Wildman–Crippen MR) is 85.7 cm³/mol. The van der Waals surface area contributed by atoms with E-state index in [9.17, 15) is 4.79 Å². The van der Waals surface area contributed by atoms with Gasteiger partial charge in [-0.3, -0.25) is 9.48 Å². The van der Waals surface area contributed by atoms with E-state index < -0.39 is 0 Å². The number of methoxy groups -OCH3 is 1. The second-order valence-electron chi connectivity index (χ2n) is 5.67. The number of aromatic nitrogens is 2. The third-order valence-electron chi connectivity index (χ3n) is 3.74. The molecule has 1 amide bonds. The van der Waals surface area contributed by atoms with Gasteiger partial charge in [0.1, 0.15) is 11.8 Å². The fourth-order valence-electron chi connectivity index (χ4n) is 2.35. The molecule has 1 aromatic carbocycles. The Bertz CT molecular complexity index is 591. The molecule has 0 saturated carbocycles. The third kappa shape index (κ3) is 3.67. The molecule has 2 rings (SSSR count). The number of nitrogens with zero attached hydrogens (tertiary/aromatic N) is 2. The van der Waals surface area contributed by atoms with Crippen LogP contribution < -0.4 is 10.1 Å². The first-order valence-electron chi connectivity index (χ1n) is 7.46. The molecule has 0 bridgehead atoms. The molecule has 0 fully saturated rings. The maximum Gasteiger partial charge on any atom is 0.245 e. The quantitative estimate of drug-likeness (QED) is 0.892. The molecule has 2 atom stereocenters. The van der Waals surface area contributed by atoms with Gasteiger partial charge in [0, 0.05) is 12.4 Å². The van der Waals surface area contributed by atoms with Gasteiger partial charge in [0.05, 0.1) is 13.2 Å². The van der Waals surface area contributed by atoms with Crippen molar-refractivity contribution >= 4 is 5.91 Å². The first-order chi connectivity index (χ1) is 10.5. The molecule has 2 unspecified atom stereocenters. The fraction of sp³-hybridized carbons (Fsp3) is 0.412. The number of nitrogens with one attached hydrogen (secondary N) is 1. The van der Waals surface area contributed by atoms with Gasteiger partial charge in [-0.2, -0.15) is 5.10 Å². The number of ether oxygens (including phenoxy) is 1. The number of benzene rings is 1. The van der Waals surface area contributed by atoms with E-state index in [1.165, 1.54) is 0 Å². The van der Waals surface area contributed by atoms with Gasteiger partial charge >= 0.3 is 0 Å². The summed E-state index contributed by atoms with van der Waals surface area (Å²) in [6, 6.07) is 9.23. The van der Waals surface area contributed by atoms with E-state index in [4.69, 9.17) is 4.74 Å². The monoisotopic (exact) mass is 301 g/mol.